The molecule has 1 aliphatic rings. The van der Waals surface area contributed by atoms with E-state index in [9.17, 15) is 13.2 Å². The maximum atomic E-state index is 12.0. The number of hydrogen-bond acceptors (Lipinski definition) is 3. The Morgan fingerprint density at radius 3 is 2.55 bits per heavy atom. The van der Waals surface area contributed by atoms with Crippen LogP contribution < -0.4 is 5.32 Å². The molecule has 2 N–H and O–H groups in total. The summed E-state index contributed by atoms with van der Waals surface area (Å²) in [6, 6.07) is 1.43. The van der Waals surface area contributed by atoms with Gasteiger partial charge in [0.2, 0.25) is 0 Å². The standard InChI is InChI=1S/C13H19ClN2O3S/c1-2-9-3-5-10(6-4-9)16-13(17)12-7-11(8-15-12)20(14,18)19/h7-10,15H,2-6H2,1H3,(H,16,17). The van der Waals surface area contributed by atoms with Gasteiger partial charge >= 0.3 is 0 Å². The number of rotatable bonds is 4. The zero-order valence-electron chi connectivity index (χ0n) is 11.4. The van der Waals surface area contributed by atoms with Crippen LogP contribution in [0.2, 0.25) is 0 Å². The number of carbonyl (C=O) groups excluding carboxylic acids is 1. The summed E-state index contributed by atoms with van der Waals surface area (Å²) < 4.78 is 22.3. The van der Waals surface area contributed by atoms with Crippen molar-refractivity contribution < 1.29 is 13.2 Å². The molecule has 5 nitrogen and oxygen atoms in total. The Morgan fingerprint density at radius 2 is 2.05 bits per heavy atom. The second-order valence-electron chi connectivity index (χ2n) is 5.29. The van der Waals surface area contributed by atoms with Crippen LogP contribution in [0.15, 0.2) is 17.2 Å². The Morgan fingerprint density at radius 1 is 1.40 bits per heavy atom. The van der Waals surface area contributed by atoms with E-state index in [1.807, 2.05) is 0 Å². The number of halogens is 1. The minimum absolute atomic E-state index is 0.0843. The Hall–Kier alpha value is -1.01. The molecule has 0 atom stereocenters. The fourth-order valence-corrected chi connectivity index (χ4v) is 3.35. The van der Waals surface area contributed by atoms with Gasteiger partial charge in [-0.1, -0.05) is 13.3 Å². The molecule has 2 rings (SSSR count). The van der Waals surface area contributed by atoms with Crippen LogP contribution in [0.5, 0.6) is 0 Å². The SMILES string of the molecule is CCC1CCC(NC(=O)c2cc(S(=O)(=O)Cl)c[nH]2)CC1. The van der Waals surface area contributed by atoms with Crippen LogP contribution in [-0.4, -0.2) is 25.4 Å². The third kappa shape index (κ3) is 3.76. The molecule has 0 spiro atoms. The zero-order chi connectivity index (χ0) is 14.8. The third-order valence-electron chi connectivity index (χ3n) is 3.94. The molecule has 112 valence electrons. The zero-order valence-corrected chi connectivity index (χ0v) is 12.9. The van der Waals surface area contributed by atoms with E-state index in [0.29, 0.717) is 0 Å². The van der Waals surface area contributed by atoms with Crippen LogP contribution in [0.25, 0.3) is 0 Å². The molecule has 1 aromatic rings. The summed E-state index contributed by atoms with van der Waals surface area (Å²) >= 11 is 0. The maximum Gasteiger partial charge on any atom is 0.267 e. The van der Waals surface area contributed by atoms with Crippen molar-refractivity contribution in [3.05, 3.63) is 18.0 Å². The summed E-state index contributed by atoms with van der Waals surface area (Å²) in [5, 5.41) is 2.94. The number of amides is 1. The summed E-state index contributed by atoms with van der Waals surface area (Å²) in [5.41, 5.74) is 0.224. The highest BCUT2D eigenvalue weighted by molar-refractivity contribution is 8.13. The number of carbonyl (C=O) groups is 1. The smallest absolute Gasteiger partial charge is 0.267 e. The first-order chi connectivity index (χ1) is 9.40. The summed E-state index contributed by atoms with van der Waals surface area (Å²) in [6.45, 7) is 2.19. The van der Waals surface area contributed by atoms with E-state index < -0.39 is 9.05 Å². The molecule has 1 heterocycles. The normalized spacial score (nSPS) is 23.5. The largest absolute Gasteiger partial charge is 0.356 e. The van der Waals surface area contributed by atoms with Gasteiger partial charge in [0, 0.05) is 22.9 Å². The number of hydrogen-bond donors (Lipinski definition) is 2. The Kier molecular flexibility index (Phi) is 4.75. The number of aromatic amines is 1. The highest BCUT2D eigenvalue weighted by Crippen LogP contribution is 2.26. The van der Waals surface area contributed by atoms with Crippen molar-refractivity contribution in [1.82, 2.24) is 10.3 Å². The van der Waals surface area contributed by atoms with Gasteiger partial charge in [-0.05, 0) is 37.7 Å². The molecular weight excluding hydrogens is 300 g/mol. The van der Waals surface area contributed by atoms with Gasteiger partial charge in [0.05, 0.1) is 0 Å². The topological polar surface area (TPSA) is 79.0 Å². The highest BCUT2D eigenvalue weighted by Gasteiger charge is 2.23. The molecule has 1 aliphatic carbocycles. The lowest BCUT2D eigenvalue weighted by Crippen LogP contribution is -2.37. The fourth-order valence-electron chi connectivity index (χ4n) is 2.62. The molecule has 20 heavy (non-hydrogen) atoms. The van der Waals surface area contributed by atoms with E-state index in [1.165, 1.54) is 18.7 Å². The van der Waals surface area contributed by atoms with Crippen LogP contribution >= 0.6 is 10.7 Å². The molecule has 0 saturated heterocycles. The lowest BCUT2D eigenvalue weighted by molar-refractivity contribution is 0.0917. The van der Waals surface area contributed by atoms with Gasteiger partial charge in [-0.3, -0.25) is 4.79 Å². The average Bonchev–Trinajstić information content (AvgIpc) is 2.89. The lowest BCUT2D eigenvalue weighted by Gasteiger charge is -2.28. The minimum Gasteiger partial charge on any atom is -0.356 e. The summed E-state index contributed by atoms with van der Waals surface area (Å²) in [7, 11) is 1.42. The van der Waals surface area contributed by atoms with Gasteiger partial charge in [0.15, 0.2) is 0 Å². The minimum atomic E-state index is -3.80. The van der Waals surface area contributed by atoms with Crippen molar-refractivity contribution >= 4 is 25.6 Å². The number of aromatic nitrogens is 1. The van der Waals surface area contributed by atoms with Gasteiger partial charge in [0.1, 0.15) is 10.6 Å². The van der Waals surface area contributed by atoms with Crippen molar-refractivity contribution in [3.63, 3.8) is 0 Å². The van der Waals surface area contributed by atoms with Crippen molar-refractivity contribution in [2.24, 2.45) is 5.92 Å². The molecule has 1 aromatic heterocycles. The summed E-state index contributed by atoms with van der Waals surface area (Å²) in [5.74, 6) is 0.484. The van der Waals surface area contributed by atoms with Crippen molar-refractivity contribution in [1.29, 1.82) is 0 Å². The van der Waals surface area contributed by atoms with E-state index in [1.54, 1.807) is 0 Å². The Bertz CT molecular complexity index is 574. The first-order valence-electron chi connectivity index (χ1n) is 6.84. The van der Waals surface area contributed by atoms with E-state index in [2.05, 4.69) is 17.2 Å². The monoisotopic (exact) mass is 318 g/mol. The van der Waals surface area contributed by atoms with Gasteiger partial charge in [-0.2, -0.15) is 0 Å². The first-order valence-corrected chi connectivity index (χ1v) is 9.15. The third-order valence-corrected chi connectivity index (χ3v) is 5.28. The number of nitrogens with one attached hydrogen (secondary N) is 2. The van der Waals surface area contributed by atoms with Crippen LogP contribution in [0.1, 0.15) is 49.5 Å². The molecule has 1 fully saturated rings. The molecule has 7 heteroatoms. The average molecular weight is 319 g/mol. The molecule has 0 aliphatic heterocycles. The molecule has 0 bridgehead atoms. The van der Waals surface area contributed by atoms with Crippen molar-refractivity contribution in [3.8, 4) is 0 Å². The lowest BCUT2D eigenvalue weighted by atomic mass is 9.84. The quantitative estimate of drug-likeness (QED) is 0.838. The molecule has 1 amide bonds. The van der Waals surface area contributed by atoms with Gasteiger partial charge in [-0.25, -0.2) is 8.42 Å². The molecule has 0 radical (unpaired) electrons. The van der Waals surface area contributed by atoms with E-state index >= 15 is 0 Å². The van der Waals surface area contributed by atoms with Crippen LogP contribution in [-0.2, 0) is 9.05 Å². The van der Waals surface area contributed by atoms with E-state index in [4.69, 9.17) is 10.7 Å². The maximum absolute atomic E-state index is 12.0. The molecule has 0 aromatic carbocycles. The van der Waals surface area contributed by atoms with Gasteiger partial charge in [0.25, 0.3) is 15.0 Å². The van der Waals surface area contributed by atoms with Crippen LogP contribution in [0.4, 0.5) is 0 Å². The second-order valence-corrected chi connectivity index (χ2v) is 7.85. The fraction of sp³-hybridized carbons (Fsp3) is 0.615. The van der Waals surface area contributed by atoms with Gasteiger partial charge < -0.3 is 10.3 Å². The Labute approximate surface area is 123 Å². The van der Waals surface area contributed by atoms with E-state index in [-0.39, 0.29) is 22.5 Å². The highest BCUT2D eigenvalue weighted by atomic mass is 35.7. The predicted octanol–water partition coefficient (Wildman–Crippen LogP) is 2.64. The van der Waals surface area contributed by atoms with Gasteiger partial charge in [-0.15, -0.1) is 0 Å². The Balaban J connectivity index is 1.94. The first kappa shape index (κ1) is 15.4. The molecule has 1 saturated carbocycles. The predicted molar refractivity (Wildman–Crippen MR) is 77.3 cm³/mol. The van der Waals surface area contributed by atoms with Crippen LogP contribution in [0, 0.1) is 5.92 Å². The van der Waals surface area contributed by atoms with Crippen molar-refractivity contribution in [2.45, 2.75) is 50.0 Å². The molecule has 0 unspecified atom stereocenters. The van der Waals surface area contributed by atoms with Crippen molar-refractivity contribution in [2.75, 3.05) is 0 Å². The van der Waals surface area contributed by atoms with Crippen LogP contribution in [0.3, 0.4) is 0 Å². The second kappa shape index (κ2) is 6.18. The molecular formula is C13H19ClN2O3S. The summed E-state index contributed by atoms with van der Waals surface area (Å²) in [6.07, 6.45) is 6.64. The number of H-pyrrole nitrogens is 1. The van der Waals surface area contributed by atoms with E-state index in [0.717, 1.165) is 31.6 Å². The summed E-state index contributed by atoms with van der Waals surface area (Å²) in [4.78, 5) is 14.6.